The number of thioether (sulfide) groups is 1. The summed E-state index contributed by atoms with van der Waals surface area (Å²) in [7, 11) is 0. The van der Waals surface area contributed by atoms with Gasteiger partial charge in [0, 0.05) is 11.8 Å². The van der Waals surface area contributed by atoms with E-state index in [1.807, 2.05) is 11.8 Å². The Kier molecular flexibility index (Phi) is 7.54. The van der Waals surface area contributed by atoms with E-state index in [-0.39, 0.29) is 0 Å². The first-order valence-electron chi connectivity index (χ1n) is 6.64. The molecule has 0 bridgehead atoms. The maximum absolute atomic E-state index is 3.64. The molecular weight excluding hydrogens is 202 g/mol. The van der Waals surface area contributed by atoms with Gasteiger partial charge in [0.15, 0.2) is 0 Å². The average molecular weight is 229 g/mol. The van der Waals surface area contributed by atoms with Crippen LogP contribution in [0, 0.1) is 5.92 Å². The van der Waals surface area contributed by atoms with E-state index >= 15 is 0 Å². The van der Waals surface area contributed by atoms with Crippen LogP contribution in [0.4, 0.5) is 0 Å². The summed E-state index contributed by atoms with van der Waals surface area (Å²) in [6.45, 7) is 5.78. The molecule has 0 heterocycles. The summed E-state index contributed by atoms with van der Waals surface area (Å²) in [6, 6.07) is 0.693. The van der Waals surface area contributed by atoms with Crippen LogP contribution in [-0.4, -0.2) is 24.1 Å². The van der Waals surface area contributed by atoms with E-state index in [1.165, 1.54) is 56.6 Å². The first-order valence-corrected chi connectivity index (χ1v) is 7.79. The van der Waals surface area contributed by atoms with Gasteiger partial charge in [-0.1, -0.05) is 39.0 Å². The highest BCUT2D eigenvalue weighted by Gasteiger charge is 2.12. The van der Waals surface area contributed by atoms with Crippen LogP contribution in [0.5, 0.6) is 0 Å². The van der Waals surface area contributed by atoms with Crippen LogP contribution < -0.4 is 5.32 Å². The van der Waals surface area contributed by atoms with Gasteiger partial charge < -0.3 is 5.32 Å². The summed E-state index contributed by atoms with van der Waals surface area (Å²) in [5, 5.41) is 3.64. The minimum atomic E-state index is 0.693. The fraction of sp³-hybridized carbons (Fsp3) is 1.00. The fourth-order valence-corrected chi connectivity index (χ4v) is 3.07. The predicted molar refractivity (Wildman–Crippen MR) is 71.7 cm³/mol. The van der Waals surface area contributed by atoms with E-state index in [0.29, 0.717) is 6.04 Å². The largest absolute Gasteiger partial charge is 0.313 e. The fourth-order valence-electron chi connectivity index (χ4n) is 2.36. The molecule has 0 aromatic carbocycles. The van der Waals surface area contributed by atoms with Gasteiger partial charge in [0.05, 0.1) is 0 Å². The van der Waals surface area contributed by atoms with Crippen molar-refractivity contribution in [2.45, 2.75) is 58.4 Å². The van der Waals surface area contributed by atoms with Crippen LogP contribution in [0.25, 0.3) is 0 Å². The summed E-state index contributed by atoms with van der Waals surface area (Å²) in [6.07, 6.45) is 8.81. The Hall–Kier alpha value is 0.310. The van der Waals surface area contributed by atoms with E-state index in [9.17, 15) is 0 Å². The Morgan fingerprint density at radius 3 is 2.67 bits per heavy atom. The van der Waals surface area contributed by atoms with E-state index < -0.39 is 0 Å². The second-order valence-electron chi connectivity index (χ2n) is 4.81. The molecular formula is C13H27NS. The van der Waals surface area contributed by atoms with Crippen molar-refractivity contribution in [2.75, 3.05) is 18.1 Å². The molecule has 1 fully saturated rings. The monoisotopic (exact) mass is 229 g/mol. The van der Waals surface area contributed by atoms with Gasteiger partial charge in [-0.2, -0.15) is 11.8 Å². The molecule has 90 valence electrons. The SMILES string of the molecule is CCSCC(C)NCCC1CCCCC1. The lowest BCUT2D eigenvalue weighted by Gasteiger charge is -2.22. The predicted octanol–water partition coefficient (Wildman–Crippen LogP) is 3.69. The lowest BCUT2D eigenvalue weighted by atomic mass is 9.87. The van der Waals surface area contributed by atoms with Crippen LogP contribution in [0.2, 0.25) is 0 Å². The van der Waals surface area contributed by atoms with E-state index in [2.05, 4.69) is 19.2 Å². The third-order valence-corrected chi connectivity index (χ3v) is 4.49. The summed E-state index contributed by atoms with van der Waals surface area (Å²) in [4.78, 5) is 0. The summed E-state index contributed by atoms with van der Waals surface area (Å²) in [5.74, 6) is 3.53. The first kappa shape index (κ1) is 13.4. The van der Waals surface area contributed by atoms with Gasteiger partial charge in [0.1, 0.15) is 0 Å². The molecule has 15 heavy (non-hydrogen) atoms. The Bertz CT molecular complexity index is 143. The molecule has 1 atom stereocenters. The molecule has 1 rings (SSSR count). The molecule has 0 aliphatic heterocycles. The lowest BCUT2D eigenvalue weighted by Crippen LogP contribution is -2.30. The molecule has 1 unspecified atom stereocenters. The number of hydrogen-bond donors (Lipinski definition) is 1. The van der Waals surface area contributed by atoms with Gasteiger partial charge in [0.2, 0.25) is 0 Å². The standard InChI is InChI=1S/C13H27NS/c1-3-15-11-12(2)14-10-9-13-7-5-4-6-8-13/h12-14H,3-11H2,1-2H3. The zero-order valence-corrected chi connectivity index (χ0v) is 11.2. The Balaban J connectivity index is 1.94. The van der Waals surface area contributed by atoms with Crippen molar-refractivity contribution in [3.05, 3.63) is 0 Å². The topological polar surface area (TPSA) is 12.0 Å². The lowest BCUT2D eigenvalue weighted by molar-refractivity contribution is 0.331. The van der Waals surface area contributed by atoms with Crippen LogP contribution in [0.3, 0.4) is 0 Å². The Morgan fingerprint density at radius 2 is 2.00 bits per heavy atom. The van der Waals surface area contributed by atoms with Gasteiger partial charge in [0.25, 0.3) is 0 Å². The normalized spacial score (nSPS) is 20.4. The van der Waals surface area contributed by atoms with E-state index in [1.54, 1.807) is 0 Å². The van der Waals surface area contributed by atoms with Crippen LogP contribution >= 0.6 is 11.8 Å². The summed E-state index contributed by atoms with van der Waals surface area (Å²) < 4.78 is 0. The molecule has 2 heteroatoms. The van der Waals surface area contributed by atoms with Crippen molar-refractivity contribution < 1.29 is 0 Å². The zero-order valence-electron chi connectivity index (χ0n) is 10.4. The smallest absolute Gasteiger partial charge is 0.0129 e. The quantitative estimate of drug-likeness (QED) is 0.714. The number of hydrogen-bond acceptors (Lipinski definition) is 2. The van der Waals surface area contributed by atoms with Gasteiger partial charge in [-0.25, -0.2) is 0 Å². The van der Waals surface area contributed by atoms with Crippen molar-refractivity contribution in [1.29, 1.82) is 0 Å². The molecule has 0 saturated heterocycles. The van der Waals surface area contributed by atoms with Crippen molar-refractivity contribution in [3.8, 4) is 0 Å². The molecule has 0 aromatic rings. The summed E-state index contributed by atoms with van der Waals surface area (Å²) >= 11 is 2.04. The van der Waals surface area contributed by atoms with Gasteiger partial charge in [-0.15, -0.1) is 0 Å². The molecule has 1 N–H and O–H groups in total. The Labute approximate surface area is 99.8 Å². The van der Waals surface area contributed by atoms with Gasteiger partial charge in [-0.3, -0.25) is 0 Å². The second kappa shape index (κ2) is 8.46. The van der Waals surface area contributed by atoms with Gasteiger partial charge in [-0.05, 0) is 31.6 Å². The molecule has 1 saturated carbocycles. The molecule has 0 amide bonds. The van der Waals surface area contributed by atoms with E-state index in [0.717, 1.165) is 5.92 Å². The molecule has 1 nitrogen and oxygen atoms in total. The molecule has 0 radical (unpaired) electrons. The minimum absolute atomic E-state index is 0.693. The summed E-state index contributed by atoms with van der Waals surface area (Å²) in [5.41, 5.74) is 0. The molecule has 1 aliphatic carbocycles. The maximum Gasteiger partial charge on any atom is 0.0129 e. The van der Waals surface area contributed by atoms with E-state index in [4.69, 9.17) is 0 Å². The highest BCUT2D eigenvalue weighted by Crippen LogP contribution is 2.25. The minimum Gasteiger partial charge on any atom is -0.313 e. The molecule has 0 aromatic heterocycles. The third kappa shape index (κ3) is 6.47. The number of nitrogens with one attached hydrogen (secondary N) is 1. The maximum atomic E-state index is 3.64. The number of rotatable bonds is 7. The van der Waals surface area contributed by atoms with Crippen LogP contribution in [-0.2, 0) is 0 Å². The Morgan fingerprint density at radius 1 is 1.27 bits per heavy atom. The van der Waals surface area contributed by atoms with Gasteiger partial charge >= 0.3 is 0 Å². The van der Waals surface area contributed by atoms with Crippen molar-refractivity contribution in [2.24, 2.45) is 5.92 Å². The highest BCUT2D eigenvalue weighted by molar-refractivity contribution is 7.99. The third-order valence-electron chi connectivity index (χ3n) is 3.34. The van der Waals surface area contributed by atoms with Crippen molar-refractivity contribution in [1.82, 2.24) is 5.32 Å². The van der Waals surface area contributed by atoms with Crippen molar-refractivity contribution >= 4 is 11.8 Å². The average Bonchev–Trinajstić information content (AvgIpc) is 2.28. The first-order chi connectivity index (χ1) is 7.33. The zero-order chi connectivity index (χ0) is 10.9. The van der Waals surface area contributed by atoms with Crippen LogP contribution in [0.15, 0.2) is 0 Å². The molecule has 1 aliphatic rings. The molecule has 0 spiro atoms. The van der Waals surface area contributed by atoms with Crippen molar-refractivity contribution in [3.63, 3.8) is 0 Å². The van der Waals surface area contributed by atoms with Crippen LogP contribution in [0.1, 0.15) is 52.4 Å². The highest BCUT2D eigenvalue weighted by atomic mass is 32.2. The second-order valence-corrected chi connectivity index (χ2v) is 6.13.